The predicted octanol–water partition coefficient (Wildman–Crippen LogP) is 1.66. The molecule has 0 bridgehead atoms. The average Bonchev–Trinajstić information content (AvgIpc) is 2.57. The van der Waals surface area contributed by atoms with E-state index in [9.17, 15) is 9.59 Å². The predicted molar refractivity (Wildman–Crippen MR) is 91.9 cm³/mol. The molecule has 0 atom stereocenters. The first-order valence-corrected chi connectivity index (χ1v) is 8.54. The van der Waals surface area contributed by atoms with Gasteiger partial charge in [-0.2, -0.15) is 0 Å². The van der Waals surface area contributed by atoms with Crippen LogP contribution in [0.4, 0.5) is 0 Å². The van der Waals surface area contributed by atoms with Gasteiger partial charge in [-0.3, -0.25) is 14.2 Å². The summed E-state index contributed by atoms with van der Waals surface area (Å²) in [5, 5.41) is 3.93. The number of nitrogens with zero attached hydrogens (tertiary/aromatic N) is 2. The fourth-order valence-corrected chi connectivity index (χ4v) is 2.94. The van der Waals surface area contributed by atoms with Crippen LogP contribution < -0.4 is 10.9 Å². The van der Waals surface area contributed by atoms with Crippen LogP contribution in [0.25, 0.3) is 10.9 Å². The molecule has 7 heteroatoms. The Morgan fingerprint density at radius 3 is 2.91 bits per heavy atom. The summed E-state index contributed by atoms with van der Waals surface area (Å²) < 4.78 is 6.64. The first kappa shape index (κ1) is 17.5. The summed E-state index contributed by atoms with van der Waals surface area (Å²) in [6.45, 7) is 3.48. The summed E-state index contributed by atoms with van der Waals surface area (Å²) >= 11 is 1.27. The van der Waals surface area contributed by atoms with E-state index in [2.05, 4.69) is 10.3 Å². The fourth-order valence-electron chi connectivity index (χ4n) is 2.08. The standard InChI is InChI=1S/C16H21N3O3S/c1-3-8-17-14(20)11-23-16-18-13-7-5-4-6-12(13)15(21)19(16)9-10-22-2/h4-7H,3,8-11H2,1-2H3,(H,17,20). The maximum absolute atomic E-state index is 12.6. The number of carbonyl (C=O) groups excluding carboxylic acids is 1. The van der Waals surface area contributed by atoms with Crippen molar-refractivity contribution in [2.75, 3.05) is 26.0 Å². The summed E-state index contributed by atoms with van der Waals surface area (Å²) in [5.41, 5.74) is 0.534. The second kappa shape index (κ2) is 8.69. The van der Waals surface area contributed by atoms with Crippen LogP contribution in [0.3, 0.4) is 0 Å². The zero-order valence-electron chi connectivity index (χ0n) is 13.4. The molecule has 1 heterocycles. The van der Waals surface area contributed by atoms with Gasteiger partial charge < -0.3 is 10.1 Å². The highest BCUT2D eigenvalue weighted by Crippen LogP contribution is 2.17. The third-order valence-electron chi connectivity index (χ3n) is 3.25. The molecule has 1 aromatic heterocycles. The number of carbonyl (C=O) groups is 1. The fraction of sp³-hybridized carbons (Fsp3) is 0.438. The molecule has 1 N–H and O–H groups in total. The van der Waals surface area contributed by atoms with E-state index in [4.69, 9.17) is 4.74 Å². The molecule has 0 fully saturated rings. The third-order valence-corrected chi connectivity index (χ3v) is 4.23. The normalized spacial score (nSPS) is 10.9. The van der Waals surface area contributed by atoms with Crippen LogP contribution in [0.2, 0.25) is 0 Å². The number of amides is 1. The topological polar surface area (TPSA) is 73.2 Å². The summed E-state index contributed by atoms with van der Waals surface area (Å²) in [4.78, 5) is 28.9. The van der Waals surface area contributed by atoms with Crippen molar-refractivity contribution in [1.29, 1.82) is 0 Å². The number of para-hydroxylation sites is 1. The maximum atomic E-state index is 12.6. The Kier molecular flexibility index (Phi) is 6.61. The van der Waals surface area contributed by atoms with Crippen LogP contribution in [0.15, 0.2) is 34.2 Å². The van der Waals surface area contributed by atoms with Gasteiger partial charge in [0.05, 0.1) is 29.8 Å². The van der Waals surface area contributed by atoms with Crippen molar-refractivity contribution in [3.8, 4) is 0 Å². The monoisotopic (exact) mass is 335 g/mol. The molecular weight excluding hydrogens is 314 g/mol. The number of hydrogen-bond acceptors (Lipinski definition) is 5. The van der Waals surface area contributed by atoms with Gasteiger partial charge in [0.1, 0.15) is 0 Å². The molecule has 0 saturated carbocycles. The molecule has 0 spiro atoms. The minimum absolute atomic E-state index is 0.0578. The summed E-state index contributed by atoms with van der Waals surface area (Å²) in [7, 11) is 1.59. The lowest BCUT2D eigenvalue weighted by Crippen LogP contribution is -2.28. The third kappa shape index (κ3) is 4.56. The molecular formula is C16H21N3O3S. The minimum Gasteiger partial charge on any atom is -0.383 e. The summed E-state index contributed by atoms with van der Waals surface area (Å²) in [6.07, 6.45) is 0.892. The molecule has 2 rings (SSSR count). The lowest BCUT2D eigenvalue weighted by Gasteiger charge is -2.12. The van der Waals surface area contributed by atoms with Crippen molar-refractivity contribution in [3.05, 3.63) is 34.6 Å². The SMILES string of the molecule is CCCNC(=O)CSc1nc2ccccc2c(=O)n1CCOC. The van der Waals surface area contributed by atoms with Crippen LogP contribution in [0, 0.1) is 0 Å². The molecule has 1 aromatic carbocycles. The van der Waals surface area contributed by atoms with E-state index >= 15 is 0 Å². The Morgan fingerprint density at radius 1 is 1.39 bits per heavy atom. The average molecular weight is 335 g/mol. The molecule has 124 valence electrons. The summed E-state index contributed by atoms with van der Waals surface area (Å²) in [5.74, 6) is 0.176. The van der Waals surface area contributed by atoms with Crippen molar-refractivity contribution < 1.29 is 9.53 Å². The van der Waals surface area contributed by atoms with Crippen molar-refractivity contribution in [2.45, 2.75) is 25.0 Å². The molecule has 0 unspecified atom stereocenters. The lowest BCUT2D eigenvalue weighted by atomic mass is 10.2. The highest BCUT2D eigenvalue weighted by Gasteiger charge is 2.12. The van der Waals surface area contributed by atoms with Crippen LogP contribution in [-0.4, -0.2) is 41.5 Å². The van der Waals surface area contributed by atoms with Gasteiger partial charge in [0.25, 0.3) is 5.56 Å². The molecule has 0 radical (unpaired) electrons. The van der Waals surface area contributed by atoms with Crippen LogP contribution >= 0.6 is 11.8 Å². The number of fused-ring (bicyclic) bond motifs is 1. The number of benzene rings is 1. The van der Waals surface area contributed by atoms with Gasteiger partial charge in [-0.05, 0) is 18.6 Å². The molecule has 0 aliphatic heterocycles. The molecule has 1 amide bonds. The number of thioether (sulfide) groups is 1. The number of aromatic nitrogens is 2. The maximum Gasteiger partial charge on any atom is 0.262 e. The van der Waals surface area contributed by atoms with Gasteiger partial charge in [-0.15, -0.1) is 0 Å². The van der Waals surface area contributed by atoms with Crippen LogP contribution in [-0.2, 0) is 16.1 Å². The van der Waals surface area contributed by atoms with E-state index in [1.54, 1.807) is 23.8 Å². The smallest absolute Gasteiger partial charge is 0.262 e. The first-order chi connectivity index (χ1) is 11.2. The molecule has 23 heavy (non-hydrogen) atoms. The Balaban J connectivity index is 2.28. The van der Waals surface area contributed by atoms with E-state index < -0.39 is 0 Å². The quantitative estimate of drug-likeness (QED) is 0.587. The molecule has 6 nitrogen and oxygen atoms in total. The summed E-state index contributed by atoms with van der Waals surface area (Å²) in [6, 6.07) is 7.22. The Morgan fingerprint density at radius 2 is 2.17 bits per heavy atom. The lowest BCUT2D eigenvalue weighted by molar-refractivity contribution is -0.118. The second-order valence-corrected chi connectivity index (χ2v) is 5.94. The van der Waals surface area contributed by atoms with Gasteiger partial charge in [-0.1, -0.05) is 30.8 Å². The van der Waals surface area contributed by atoms with Gasteiger partial charge in [-0.25, -0.2) is 4.98 Å². The number of methoxy groups -OCH3 is 1. The van der Waals surface area contributed by atoms with Crippen LogP contribution in [0.5, 0.6) is 0 Å². The molecule has 0 saturated heterocycles. The second-order valence-electron chi connectivity index (χ2n) is 5.00. The highest BCUT2D eigenvalue weighted by molar-refractivity contribution is 7.99. The van der Waals surface area contributed by atoms with E-state index in [1.165, 1.54) is 11.8 Å². The molecule has 0 aliphatic carbocycles. The van der Waals surface area contributed by atoms with Crippen molar-refractivity contribution in [3.63, 3.8) is 0 Å². The van der Waals surface area contributed by atoms with Crippen molar-refractivity contribution in [2.24, 2.45) is 0 Å². The van der Waals surface area contributed by atoms with Gasteiger partial charge >= 0.3 is 0 Å². The first-order valence-electron chi connectivity index (χ1n) is 7.55. The molecule has 2 aromatic rings. The van der Waals surface area contributed by atoms with E-state index in [0.29, 0.717) is 35.8 Å². The number of ether oxygens (including phenoxy) is 1. The van der Waals surface area contributed by atoms with Crippen LogP contribution in [0.1, 0.15) is 13.3 Å². The number of hydrogen-bond donors (Lipinski definition) is 1. The largest absolute Gasteiger partial charge is 0.383 e. The van der Waals surface area contributed by atoms with Crippen molar-refractivity contribution in [1.82, 2.24) is 14.9 Å². The Labute approximate surface area is 139 Å². The highest BCUT2D eigenvalue weighted by atomic mass is 32.2. The number of nitrogens with one attached hydrogen (secondary N) is 1. The van der Waals surface area contributed by atoms with Gasteiger partial charge in [0.2, 0.25) is 5.91 Å². The van der Waals surface area contributed by atoms with Crippen molar-refractivity contribution >= 4 is 28.6 Å². The molecule has 0 aliphatic rings. The Bertz CT molecular complexity index is 730. The van der Waals surface area contributed by atoms with E-state index in [1.807, 2.05) is 19.1 Å². The number of rotatable bonds is 8. The van der Waals surface area contributed by atoms with E-state index in [-0.39, 0.29) is 17.2 Å². The van der Waals surface area contributed by atoms with E-state index in [0.717, 1.165) is 6.42 Å². The zero-order chi connectivity index (χ0) is 16.7. The zero-order valence-corrected chi connectivity index (χ0v) is 14.2. The van der Waals surface area contributed by atoms with Gasteiger partial charge in [0.15, 0.2) is 5.16 Å². The Hall–Kier alpha value is -1.86. The minimum atomic E-state index is -0.107. The van der Waals surface area contributed by atoms with Gasteiger partial charge in [0, 0.05) is 13.7 Å².